The summed E-state index contributed by atoms with van der Waals surface area (Å²) in [6, 6.07) is 20.3. The van der Waals surface area contributed by atoms with Gasteiger partial charge in [-0.2, -0.15) is 5.10 Å². The summed E-state index contributed by atoms with van der Waals surface area (Å²) in [7, 11) is 0. The number of carbonyl (C=O) groups excluding carboxylic acids is 1. The van der Waals surface area contributed by atoms with E-state index in [1.165, 1.54) is 29.3 Å². The first kappa shape index (κ1) is 17.9. The Morgan fingerprint density at radius 1 is 0.893 bits per heavy atom. The zero-order valence-corrected chi connectivity index (χ0v) is 14.8. The quantitative estimate of drug-likeness (QED) is 0.657. The molecule has 1 aliphatic heterocycles. The summed E-state index contributed by atoms with van der Waals surface area (Å²) >= 11 is 0. The predicted molar refractivity (Wildman–Crippen MR) is 104 cm³/mol. The molecule has 1 atom stereocenters. The Morgan fingerprint density at radius 2 is 1.50 bits per heavy atom. The molecular weight excluding hydrogens is 360 g/mol. The van der Waals surface area contributed by atoms with Crippen molar-refractivity contribution in [2.24, 2.45) is 5.10 Å². The fourth-order valence-corrected chi connectivity index (χ4v) is 3.16. The molecule has 0 radical (unpaired) electrons. The minimum Gasteiger partial charge on any atom is -0.306 e. The normalized spacial score (nSPS) is 16.0. The lowest BCUT2D eigenvalue weighted by Crippen LogP contribution is -2.31. The van der Waals surface area contributed by atoms with Crippen molar-refractivity contribution in [3.63, 3.8) is 0 Å². The highest BCUT2D eigenvalue weighted by atomic mass is 19.1. The number of carbonyl (C=O) groups is 1. The van der Waals surface area contributed by atoms with Crippen molar-refractivity contribution in [2.45, 2.75) is 12.5 Å². The molecule has 0 unspecified atom stereocenters. The first-order chi connectivity index (χ1) is 13.6. The number of hydrogen-bond donors (Lipinski definition) is 1. The van der Waals surface area contributed by atoms with Gasteiger partial charge in [-0.05, 0) is 47.5 Å². The fraction of sp³-hybridized carbons (Fsp3) is 0.0909. The Labute approximate surface area is 161 Å². The van der Waals surface area contributed by atoms with E-state index in [4.69, 9.17) is 0 Å². The third kappa shape index (κ3) is 3.76. The molecule has 1 N–H and O–H groups in total. The average molecular weight is 377 g/mol. The second-order valence-corrected chi connectivity index (χ2v) is 6.47. The number of halogens is 2. The molecule has 0 bridgehead atoms. The smallest absolute Gasteiger partial charge is 0.306 e. The number of rotatable bonds is 3. The summed E-state index contributed by atoms with van der Waals surface area (Å²) in [6.07, 6.45) is 0.444. The fourth-order valence-electron chi connectivity index (χ4n) is 3.16. The molecule has 0 aliphatic carbocycles. The largest absolute Gasteiger partial charge is 0.342 e. The van der Waals surface area contributed by atoms with Gasteiger partial charge in [-0.1, -0.05) is 42.5 Å². The first-order valence-corrected chi connectivity index (χ1v) is 8.84. The number of hydrazone groups is 1. The topological polar surface area (TPSA) is 44.7 Å². The molecule has 2 amide bonds. The predicted octanol–water partition coefficient (Wildman–Crippen LogP) is 5.35. The van der Waals surface area contributed by atoms with Gasteiger partial charge in [0.25, 0.3) is 0 Å². The number of amides is 2. The van der Waals surface area contributed by atoms with Gasteiger partial charge in [0, 0.05) is 12.1 Å². The van der Waals surface area contributed by atoms with E-state index < -0.39 is 6.03 Å². The van der Waals surface area contributed by atoms with Gasteiger partial charge in [0.2, 0.25) is 0 Å². The summed E-state index contributed by atoms with van der Waals surface area (Å²) in [6.45, 7) is 0. The molecule has 6 heteroatoms. The van der Waals surface area contributed by atoms with Gasteiger partial charge < -0.3 is 5.32 Å². The van der Waals surface area contributed by atoms with Gasteiger partial charge in [-0.3, -0.25) is 0 Å². The highest BCUT2D eigenvalue weighted by Gasteiger charge is 2.33. The monoisotopic (exact) mass is 377 g/mol. The molecule has 28 heavy (non-hydrogen) atoms. The Kier molecular flexibility index (Phi) is 4.85. The Balaban J connectivity index is 1.65. The van der Waals surface area contributed by atoms with Crippen LogP contribution in [0.1, 0.15) is 23.6 Å². The van der Waals surface area contributed by atoms with E-state index in [0.29, 0.717) is 17.8 Å². The van der Waals surface area contributed by atoms with Crippen molar-refractivity contribution in [1.29, 1.82) is 0 Å². The lowest BCUT2D eigenvalue weighted by molar-refractivity contribution is 0.200. The van der Waals surface area contributed by atoms with E-state index in [-0.39, 0.29) is 17.7 Å². The number of hydrogen-bond acceptors (Lipinski definition) is 2. The minimum absolute atomic E-state index is 0.337. The van der Waals surface area contributed by atoms with Crippen molar-refractivity contribution >= 4 is 17.4 Å². The summed E-state index contributed by atoms with van der Waals surface area (Å²) in [5, 5.41) is 8.67. The maximum Gasteiger partial charge on any atom is 0.342 e. The molecule has 1 heterocycles. The highest BCUT2D eigenvalue weighted by Crippen LogP contribution is 2.33. The molecule has 0 fully saturated rings. The standard InChI is InChI=1S/C22H17F2N3O/c23-17-10-6-15(7-11-17)20-14-21(16-8-12-18(24)13-9-16)27(26-20)22(28)25-19-4-2-1-3-5-19/h1-13,21H,14H2,(H,25,28)/t21-/m0/s1. The van der Waals surface area contributed by atoms with Crippen LogP contribution < -0.4 is 5.32 Å². The molecule has 1 aliphatic rings. The summed E-state index contributed by atoms with van der Waals surface area (Å²) < 4.78 is 26.6. The highest BCUT2D eigenvalue weighted by molar-refractivity contribution is 6.04. The van der Waals surface area contributed by atoms with Gasteiger partial charge in [0.15, 0.2) is 0 Å². The van der Waals surface area contributed by atoms with Gasteiger partial charge >= 0.3 is 6.03 Å². The molecule has 3 aromatic carbocycles. The van der Waals surface area contributed by atoms with E-state index in [1.807, 2.05) is 18.2 Å². The summed E-state index contributed by atoms with van der Waals surface area (Å²) in [4.78, 5) is 12.9. The van der Waals surface area contributed by atoms with Crippen LogP contribution in [0.25, 0.3) is 0 Å². The van der Waals surface area contributed by atoms with Crippen LogP contribution in [-0.2, 0) is 0 Å². The second kappa shape index (κ2) is 7.60. The van der Waals surface area contributed by atoms with Crippen molar-refractivity contribution in [3.8, 4) is 0 Å². The van der Waals surface area contributed by atoms with Crippen LogP contribution >= 0.6 is 0 Å². The Bertz CT molecular complexity index is 1000. The molecule has 0 aromatic heterocycles. The van der Waals surface area contributed by atoms with Crippen LogP contribution in [0.5, 0.6) is 0 Å². The second-order valence-electron chi connectivity index (χ2n) is 6.47. The maximum atomic E-state index is 13.3. The molecule has 0 saturated carbocycles. The number of nitrogens with zero attached hydrogens (tertiary/aromatic N) is 2. The van der Waals surface area contributed by atoms with Crippen molar-refractivity contribution in [3.05, 3.63) is 102 Å². The maximum absolute atomic E-state index is 13.3. The number of benzene rings is 3. The summed E-state index contributed by atoms with van der Waals surface area (Å²) in [5.74, 6) is -0.683. The van der Waals surface area contributed by atoms with Crippen molar-refractivity contribution in [2.75, 3.05) is 5.32 Å². The van der Waals surface area contributed by atoms with Crippen LogP contribution in [0.3, 0.4) is 0 Å². The van der Waals surface area contributed by atoms with E-state index in [0.717, 1.165) is 11.1 Å². The lowest BCUT2D eigenvalue weighted by atomic mass is 9.98. The SMILES string of the molecule is O=C(Nc1ccccc1)N1N=C(c2ccc(F)cc2)C[C@H]1c1ccc(F)cc1. The van der Waals surface area contributed by atoms with Crippen molar-refractivity contribution < 1.29 is 13.6 Å². The molecule has 3 aromatic rings. The van der Waals surface area contributed by atoms with Crippen LogP contribution in [0.15, 0.2) is 84.0 Å². The summed E-state index contributed by atoms with van der Waals surface area (Å²) in [5.41, 5.74) is 2.82. The number of urea groups is 1. The van der Waals surface area contributed by atoms with E-state index in [2.05, 4.69) is 10.4 Å². The third-order valence-electron chi connectivity index (χ3n) is 4.58. The van der Waals surface area contributed by atoms with Gasteiger partial charge in [0.05, 0.1) is 11.8 Å². The van der Waals surface area contributed by atoms with Gasteiger partial charge in [-0.25, -0.2) is 18.6 Å². The number of para-hydroxylation sites is 1. The van der Waals surface area contributed by atoms with Gasteiger partial charge in [-0.15, -0.1) is 0 Å². The zero-order chi connectivity index (χ0) is 19.5. The van der Waals surface area contributed by atoms with E-state index in [9.17, 15) is 13.6 Å². The number of anilines is 1. The van der Waals surface area contributed by atoms with Crippen LogP contribution in [0, 0.1) is 11.6 Å². The molecule has 140 valence electrons. The number of nitrogens with one attached hydrogen (secondary N) is 1. The minimum atomic E-state index is -0.391. The zero-order valence-electron chi connectivity index (χ0n) is 14.8. The average Bonchev–Trinajstić information content (AvgIpc) is 3.15. The Hall–Kier alpha value is -3.54. The molecule has 4 rings (SSSR count). The van der Waals surface area contributed by atoms with Crippen LogP contribution in [0.2, 0.25) is 0 Å². The van der Waals surface area contributed by atoms with E-state index >= 15 is 0 Å². The van der Waals surface area contributed by atoms with Crippen molar-refractivity contribution in [1.82, 2.24) is 5.01 Å². The molecule has 0 saturated heterocycles. The van der Waals surface area contributed by atoms with E-state index in [1.54, 1.807) is 36.4 Å². The lowest BCUT2D eigenvalue weighted by Gasteiger charge is -2.22. The van der Waals surface area contributed by atoms with Gasteiger partial charge in [0.1, 0.15) is 11.6 Å². The molecular formula is C22H17F2N3O. The van der Waals surface area contributed by atoms with Crippen LogP contribution in [-0.4, -0.2) is 16.8 Å². The molecule has 0 spiro atoms. The molecule has 4 nitrogen and oxygen atoms in total. The third-order valence-corrected chi connectivity index (χ3v) is 4.58. The van der Waals surface area contributed by atoms with Crippen LogP contribution in [0.4, 0.5) is 19.3 Å². The Morgan fingerprint density at radius 3 is 2.14 bits per heavy atom. The first-order valence-electron chi connectivity index (χ1n) is 8.84.